The fourth-order valence-electron chi connectivity index (χ4n) is 3.95. The molecule has 0 aliphatic heterocycles. The molecule has 4 nitrogen and oxygen atoms in total. The van der Waals surface area contributed by atoms with E-state index < -0.39 is 6.10 Å². The maximum Gasteiger partial charge on any atom is 0.223 e. The Morgan fingerprint density at radius 3 is 2.52 bits per heavy atom. The summed E-state index contributed by atoms with van der Waals surface area (Å²) in [5, 5.41) is 13.7. The van der Waals surface area contributed by atoms with Crippen molar-refractivity contribution in [2.45, 2.75) is 71.1 Å². The van der Waals surface area contributed by atoms with Gasteiger partial charge in [0.1, 0.15) is 0 Å². The Bertz CT molecular complexity index is 553. The zero-order chi connectivity index (χ0) is 18.6. The van der Waals surface area contributed by atoms with Gasteiger partial charge in [0, 0.05) is 17.5 Å². The SMILES string of the molecule is CC1CC(CC(O)C(N)Cc2ccccc2)C(C(=O)NC(C)(C)C)C1. The highest BCUT2D eigenvalue weighted by Gasteiger charge is 2.39. The minimum atomic E-state index is -0.583. The second-order valence-electron chi connectivity index (χ2n) is 8.84. The average Bonchev–Trinajstić information content (AvgIpc) is 2.87. The maximum atomic E-state index is 12.6. The van der Waals surface area contributed by atoms with Crippen molar-refractivity contribution < 1.29 is 9.90 Å². The van der Waals surface area contributed by atoms with E-state index in [1.165, 1.54) is 0 Å². The molecule has 1 fully saturated rings. The molecule has 0 spiro atoms. The van der Waals surface area contributed by atoms with Crippen molar-refractivity contribution in [3.05, 3.63) is 35.9 Å². The Morgan fingerprint density at radius 2 is 1.92 bits per heavy atom. The summed E-state index contributed by atoms with van der Waals surface area (Å²) in [6.07, 6.45) is 2.55. The van der Waals surface area contributed by atoms with Crippen LogP contribution in [0.25, 0.3) is 0 Å². The predicted octanol–water partition coefficient (Wildman–Crippen LogP) is 2.88. The molecule has 4 heteroatoms. The minimum absolute atomic E-state index is 0.0206. The first kappa shape index (κ1) is 19.9. The molecule has 2 rings (SSSR count). The van der Waals surface area contributed by atoms with Gasteiger partial charge in [-0.05, 0) is 63.9 Å². The first-order valence-electron chi connectivity index (χ1n) is 9.45. The number of amides is 1. The highest BCUT2D eigenvalue weighted by Crippen LogP contribution is 2.39. The van der Waals surface area contributed by atoms with Crippen LogP contribution < -0.4 is 11.1 Å². The second-order valence-corrected chi connectivity index (χ2v) is 8.84. The van der Waals surface area contributed by atoms with E-state index in [0.29, 0.717) is 18.8 Å². The largest absolute Gasteiger partial charge is 0.391 e. The van der Waals surface area contributed by atoms with E-state index in [1.807, 2.05) is 51.1 Å². The van der Waals surface area contributed by atoms with Crippen LogP contribution >= 0.6 is 0 Å². The van der Waals surface area contributed by atoms with Gasteiger partial charge in [-0.15, -0.1) is 0 Å². The van der Waals surface area contributed by atoms with Crippen molar-refractivity contribution in [3.8, 4) is 0 Å². The van der Waals surface area contributed by atoms with E-state index in [2.05, 4.69) is 12.2 Å². The summed E-state index contributed by atoms with van der Waals surface area (Å²) in [5.41, 5.74) is 7.14. The van der Waals surface area contributed by atoms with Crippen LogP contribution in [0, 0.1) is 17.8 Å². The number of nitrogens with two attached hydrogens (primary N) is 1. The van der Waals surface area contributed by atoms with Gasteiger partial charge in [0.15, 0.2) is 0 Å². The molecule has 4 N–H and O–H groups in total. The molecule has 1 aliphatic carbocycles. The third kappa shape index (κ3) is 6.12. The molecular formula is C21H34N2O2. The average molecular weight is 347 g/mol. The molecule has 0 heterocycles. The molecule has 25 heavy (non-hydrogen) atoms. The lowest BCUT2D eigenvalue weighted by Gasteiger charge is -2.28. The third-order valence-corrected chi connectivity index (χ3v) is 5.12. The first-order valence-corrected chi connectivity index (χ1v) is 9.45. The van der Waals surface area contributed by atoms with E-state index >= 15 is 0 Å². The number of carbonyl (C=O) groups excluding carboxylic acids is 1. The van der Waals surface area contributed by atoms with Gasteiger partial charge in [0.25, 0.3) is 0 Å². The van der Waals surface area contributed by atoms with Crippen molar-refractivity contribution in [3.63, 3.8) is 0 Å². The van der Waals surface area contributed by atoms with Crippen LogP contribution in [0.4, 0.5) is 0 Å². The smallest absolute Gasteiger partial charge is 0.223 e. The fraction of sp³-hybridized carbons (Fsp3) is 0.667. The summed E-state index contributed by atoms with van der Waals surface area (Å²) in [5.74, 6) is 0.811. The summed E-state index contributed by atoms with van der Waals surface area (Å²) in [6.45, 7) is 8.20. The molecule has 1 aromatic rings. The van der Waals surface area contributed by atoms with E-state index in [0.717, 1.165) is 18.4 Å². The summed E-state index contributed by atoms with van der Waals surface area (Å²) in [4.78, 5) is 12.6. The fourth-order valence-corrected chi connectivity index (χ4v) is 3.95. The number of hydrogen-bond acceptors (Lipinski definition) is 3. The predicted molar refractivity (Wildman–Crippen MR) is 102 cm³/mol. The topological polar surface area (TPSA) is 75.3 Å². The number of nitrogens with one attached hydrogen (secondary N) is 1. The minimum Gasteiger partial charge on any atom is -0.391 e. The zero-order valence-corrected chi connectivity index (χ0v) is 16.0. The van der Waals surface area contributed by atoms with Crippen molar-refractivity contribution in [2.75, 3.05) is 0 Å². The van der Waals surface area contributed by atoms with Crippen LogP contribution in [-0.2, 0) is 11.2 Å². The van der Waals surface area contributed by atoms with Crippen LogP contribution in [0.5, 0.6) is 0 Å². The van der Waals surface area contributed by atoms with E-state index in [-0.39, 0.29) is 29.3 Å². The van der Waals surface area contributed by atoms with Crippen LogP contribution in [-0.4, -0.2) is 28.7 Å². The number of carbonyl (C=O) groups is 1. The van der Waals surface area contributed by atoms with Crippen LogP contribution in [0.3, 0.4) is 0 Å². The van der Waals surface area contributed by atoms with Crippen molar-refractivity contribution in [2.24, 2.45) is 23.5 Å². The lowest BCUT2D eigenvalue weighted by Crippen LogP contribution is -2.45. The van der Waals surface area contributed by atoms with Gasteiger partial charge in [-0.1, -0.05) is 37.3 Å². The Balaban J connectivity index is 1.95. The molecule has 0 saturated heterocycles. The number of rotatable bonds is 6. The molecule has 1 aromatic carbocycles. The second kappa shape index (κ2) is 8.33. The molecule has 1 amide bonds. The molecule has 0 aromatic heterocycles. The lowest BCUT2D eigenvalue weighted by molar-refractivity contribution is -0.127. The first-order chi connectivity index (χ1) is 11.7. The Kier molecular flexibility index (Phi) is 6.64. The molecule has 1 saturated carbocycles. The molecule has 5 unspecified atom stereocenters. The Labute approximate surface area is 152 Å². The molecule has 1 aliphatic rings. The van der Waals surface area contributed by atoms with Crippen LogP contribution in [0.1, 0.15) is 52.5 Å². The van der Waals surface area contributed by atoms with E-state index in [1.54, 1.807) is 0 Å². The van der Waals surface area contributed by atoms with Crippen molar-refractivity contribution >= 4 is 5.91 Å². The van der Waals surface area contributed by atoms with Gasteiger partial charge in [-0.25, -0.2) is 0 Å². The summed E-state index contributed by atoms with van der Waals surface area (Å²) >= 11 is 0. The van der Waals surface area contributed by atoms with Gasteiger partial charge >= 0.3 is 0 Å². The standard InChI is InChI=1S/C21H34N2O2/c1-14-10-16(17(11-14)20(25)23-21(2,3)4)13-19(24)18(22)12-15-8-6-5-7-9-15/h5-9,14,16-19,24H,10-13,22H2,1-4H3,(H,23,25). The highest BCUT2D eigenvalue weighted by atomic mass is 16.3. The van der Waals surface area contributed by atoms with Gasteiger partial charge in [0.2, 0.25) is 5.91 Å². The van der Waals surface area contributed by atoms with E-state index in [9.17, 15) is 9.90 Å². The zero-order valence-electron chi connectivity index (χ0n) is 16.0. The number of benzene rings is 1. The van der Waals surface area contributed by atoms with Crippen LogP contribution in [0.2, 0.25) is 0 Å². The summed E-state index contributed by atoms with van der Waals surface area (Å²) in [6, 6.07) is 9.71. The molecular weight excluding hydrogens is 312 g/mol. The van der Waals surface area contributed by atoms with E-state index in [4.69, 9.17) is 5.73 Å². The molecule has 0 radical (unpaired) electrons. The van der Waals surface area contributed by atoms with Crippen molar-refractivity contribution in [1.82, 2.24) is 5.32 Å². The number of hydrogen-bond donors (Lipinski definition) is 3. The van der Waals surface area contributed by atoms with Gasteiger partial charge in [-0.3, -0.25) is 4.79 Å². The van der Waals surface area contributed by atoms with Gasteiger partial charge in [-0.2, -0.15) is 0 Å². The van der Waals surface area contributed by atoms with Gasteiger partial charge in [0.05, 0.1) is 6.10 Å². The Morgan fingerprint density at radius 1 is 1.28 bits per heavy atom. The monoisotopic (exact) mass is 346 g/mol. The quantitative estimate of drug-likeness (QED) is 0.741. The van der Waals surface area contributed by atoms with Crippen LogP contribution in [0.15, 0.2) is 30.3 Å². The lowest BCUT2D eigenvalue weighted by atomic mass is 9.86. The summed E-state index contributed by atoms with van der Waals surface area (Å²) < 4.78 is 0. The molecule has 0 bridgehead atoms. The molecule has 5 atom stereocenters. The summed E-state index contributed by atoms with van der Waals surface area (Å²) in [7, 11) is 0. The van der Waals surface area contributed by atoms with Crippen molar-refractivity contribution in [1.29, 1.82) is 0 Å². The van der Waals surface area contributed by atoms with Gasteiger partial charge < -0.3 is 16.2 Å². The normalized spacial score (nSPS) is 26.2. The number of aliphatic hydroxyl groups is 1. The molecule has 140 valence electrons. The Hall–Kier alpha value is -1.39. The third-order valence-electron chi connectivity index (χ3n) is 5.12. The number of aliphatic hydroxyl groups excluding tert-OH is 1. The maximum absolute atomic E-state index is 12.6. The highest BCUT2D eigenvalue weighted by molar-refractivity contribution is 5.80.